The monoisotopic (exact) mass is 544 g/mol. The van der Waals surface area contributed by atoms with Gasteiger partial charge < -0.3 is 29.9 Å². The zero-order valence-electron chi connectivity index (χ0n) is 23.4. The summed E-state index contributed by atoms with van der Waals surface area (Å²) in [6, 6.07) is 7.70. The van der Waals surface area contributed by atoms with Crippen LogP contribution in [0.3, 0.4) is 0 Å². The van der Waals surface area contributed by atoms with Crippen molar-refractivity contribution in [1.82, 2.24) is 0 Å². The number of aliphatic carboxylic acids is 1. The first-order valence-corrected chi connectivity index (χ1v) is 14.1. The van der Waals surface area contributed by atoms with Crippen LogP contribution in [0.5, 0.6) is 5.75 Å². The number of carboxylic acids is 1. The highest BCUT2D eigenvalue weighted by Crippen LogP contribution is 2.44. The van der Waals surface area contributed by atoms with Gasteiger partial charge in [-0.05, 0) is 66.7 Å². The number of esters is 1. The Kier molecular flexibility index (Phi) is 11.2. The first-order chi connectivity index (χ1) is 18.5. The number of aliphatic hydroxyl groups excluding tert-OH is 3. The molecule has 4 N–H and O–H groups in total. The minimum atomic E-state index is -1.11. The highest BCUT2D eigenvalue weighted by molar-refractivity contribution is 5.75. The van der Waals surface area contributed by atoms with Crippen molar-refractivity contribution in [1.29, 1.82) is 0 Å². The van der Waals surface area contributed by atoms with Crippen LogP contribution in [0.4, 0.5) is 0 Å². The summed E-state index contributed by atoms with van der Waals surface area (Å²) in [6.45, 7) is 8.17. The molecule has 39 heavy (non-hydrogen) atoms. The van der Waals surface area contributed by atoms with Crippen LogP contribution in [0.2, 0.25) is 0 Å². The van der Waals surface area contributed by atoms with Crippen LogP contribution in [0.15, 0.2) is 48.1 Å². The molecule has 0 unspecified atom stereocenters. The largest absolute Gasteiger partial charge is 0.481 e. The van der Waals surface area contributed by atoms with E-state index in [4.69, 9.17) is 14.6 Å². The lowest BCUT2D eigenvalue weighted by Gasteiger charge is -2.43. The number of carboxylic acid groups (broad SMARTS) is 1. The second-order valence-corrected chi connectivity index (χ2v) is 11.3. The molecule has 0 amide bonds. The predicted molar refractivity (Wildman–Crippen MR) is 147 cm³/mol. The topological polar surface area (TPSA) is 134 Å². The van der Waals surface area contributed by atoms with Crippen molar-refractivity contribution < 1.29 is 39.5 Å². The minimum absolute atomic E-state index is 0.0125. The fourth-order valence-electron chi connectivity index (χ4n) is 5.71. The van der Waals surface area contributed by atoms with E-state index in [2.05, 4.69) is 26.8 Å². The van der Waals surface area contributed by atoms with Gasteiger partial charge in [0.15, 0.2) is 6.10 Å². The van der Waals surface area contributed by atoms with Crippen molar-refractivity contribution in [2.45, 2.75) is 103 Å². The molecule has 0 radical (unpaired) electrons. The Labute approximate surface area is 231 Å². The fraction of sp³-hybridized carbons (Fsp3) is 0.613. The molecule has 1 aromatic carbocycles. The molecule has 1 aromatic rings. The Morgan fingerprint density at radius 3 is 2.41 bits per heavy atom. The molecule has 216 valence electrons. The van der Waals surface area contributed by atoms with E-state index in [-0.39, 0.29) is 30.6 Å². The summed E-state index contributed by atoms with van der Waals surface area (Å²) in [7, 11) is 0. The number of hydrogen-bond donors (Lipinski definition) is 4. The normalized spacial score (nSPS) is 26.8. The lowest BCUT2D eigenvalue weighted by atomic mass is 9.66. The van der Waals surface area contributed by atoms with Crippen LogP contribution in [0, 0.1) is 17.8 Å². The fourth-order valence-corrected chi connectivity index (χ4v) is 5.71. The minimum Gasteiger partial charge on any atom is -0.481 e. The predicted octanol–water partition coefficient (Wildman–Crippen LogP) is 4.38. The molecule has 8 atom stereocenters. The van der Waals surface area contributed by atoms with Gasteiger partial charge in [0.2, 0.25) is 0 Å². The van der Waals surface area contributed by atoms with Gasteiger partial charge in [0.1, 0.15) is 11.9 Å². The highest BCUT2D eigenvalue weighted by atomic mass is 16.6. The lowest BCUT2D eigenvalue weighted by molar-refractivity contribution is -0.163. The molecule has 3 rings (SSSR count). The van der Waals surface area contributed by atoms with Crippen molar-refractivity contribution >= 4 is 11.9 Å². The Balaban J connectivity index is 1.69. The maximum atomic E-state index is 13.3. The number of allylic oxidation sites excluding steroid dienone is 2. The third kappa shape index (κ3) is 8.65. The van der Waals surface area contributed by atoms with Gasteiger partial charge in [0, 0.05) is 12.3 Å². The van der Waals surface area contributed by atoms with E-state index in [1.807, 2.05) is 43.3 Å². The number of carbonyl (C=O) groups excluding carboxylic acids is 1. The SMILES string of the molecule is CC[C@H](Oc1ccc(C(C)C)cc1)C(=O)O[C@H]1C[C@H](O)C=C2C=C[C@@H](C)[C@H](CC[C@@H](O)C[C@@H](O)CC(=O)O)[C@H]21. The third-order valence-electron chi connectivity index (χ3n) is 7.89. The smallest absolute Gasteiger partial charge is 0.347 e. The zero-order valence-corrected chi connectivity index (χ0v) is 23.4. The average Bonchev–Trinajstić information content (AvgIpc) is 2.86. The molecule has 2 aliphatic rings. The number of fused-ring (bicyclic) bond motifs is 1. The number of ether oxygens (including phenoxy) is 2. The van der Waals surface area contributed by atoms with Crippen LogP contribution < -0.4 is 4.74 Å². The van der Waals surface area contributed by atoms with Gasteiger partial charge in [0.25, 0.3) is 0 Å². The summed E-state index contributed by atoms with van der Waals surface area (Å²) in [5.41, 5.74) is 2.09. The summed E-state index contributed by atoms with van der Waals surface area (Å²) in [4.78, 5) is 24.1. The van der Waals surface area contributed by atoms with E-state index in [9.17, 15) is 24.9 Å². The zero-order chi connectivity index (χ0) is 28.7. The van der Waals surface area contributed by atoms with E-state index in [0.29, 0.717) is 30.9 Å². The number of carbonyl (C=O) groups is 2. The molecule has 0 aromatic heterocycles. The van der Waals surface area contributed by atoms with Gasteiger partial charge in [-0.2, -0.15) is 0 Å². The second kappa shape index (κ2) is 14.1. The molecule has 0 saturated heterocycles. The average molecular weight is 545 g/mol. The summed E-state index contributed by atoms with van der Waals surface area (Å²) < 4.78 is 12.0. The summed E-state index contributed by atoms with van der Waals surface area (Å²) in [6.07, 6.45) is 3.06. The van der Waals surface area contributed by atoms with Crippen LogP contribution in [0.25, 0.3) is 0 Å². The molecular weight excluding hydrogens is 500 g/mol. The quantitative estimate of drug-likeness (QED) is 0.269. The van der Waals surface area contributed by atoms with Gasteiger partial charge in [-0.25, -0.2) is 4.79 Å². The first-order valence-electron chi connectivity index (χ1n) is 14.1. The maximum absolute atomic E-state index is 13.3. The number of benzene rings is 1. The molecule has 2 aliphatic carbocycles. The van der Waals surface area contributed by atoms with E-state index in [1.54, 1.807) is 0 Å². The van der Waals surface area contributed by atoms with E-state index < -0.39 is 48.9 Å². The molecule has 0 aliphatic heterocycles. The van der Waals surface area contributed by atoms with Crippen molar-refractivity contribution in [2.24, 2.45) is 17.8 Å². The molecule has 8 nitrogen and oxygen atoms in total. The molecule has 0 fully saturated rings. The first kappa shape index (κ1) is 30.9. The highest BCUT2D eigenvalue weighted by Gasteiger charge is 2.42. The van der Waals surface area contributed by atoms with Crippen LogP contribution in [-0.4, -0.2) is 62.9 Å². The van der Waals surface area contributed by atoms with E-state index >= 15 is 0 Å². The molecule has 0 bridgehead atoms. The molecule has 8 heteroatoms. The molecular formula is C31H44O8. The van der Waals surface area contributed by atoms with Crippen LogP contribution in [-0.2, 0) is 14.3 Å². The molecule has 0 spiro atoms. The molecule has 0 heterocycles. The Hall–Kier alpha value is -2.68. The van der Waals surface area contributed by atoms with Crippen LogP contribution in [0.1, 0.15) is 77.7 Å². The standard InChI is InChI=1S/C31H44O8/c1-5-27(38-25-11-8-20(9-12-25)18(2)3)31(37)39-28-16-23(33)14-21-7-6-19(4)26(30(21)28)13-10-22(32)15-24(34)17-29(35)36/h6-9,11-12,14,18-19,22-24,26-28,30,32-34H,5,10,13,15-17H2,1-4H3,(H,35,36)/t19-,22-,23-,24-,26+,27+,28+,30+/m1/s1. The summed E-state index contributed by atoms with van der Waals surface area (Å²) in [5.74, 6) is -0.582. The summed E-state index contributed by atoms with van der Waals surface area (Å²) >= 11 is 0. The van der Waals surface area contributed by atoms with Crippen molar-refractivity contribution in [3.05, 3.63) is 53.6 Å². The maximum Gasteiger partial charge on any atom is 0.347 e. The van der Waals surface area contributed by atoms with Crippen molar-refractivity contribution in [3.8, 4) is 5.75 Å². The van der Waals surface area contributed by atoms with E-state index in [1.165, 1.54) is 5.56 Å². The van der Waals surface area contributed by atoms with Crippen LogP contribution >= 0.6 is 0 Å². The summed E-state index contributed by atoms with van der Waals surface area (Å²) in [5, 5.41) is 39.7. The van der Waals surface area contributed by atoms with Crippen molar-refractivity contribution in [3.63, 3.8) is 0 Å². The Morgan fingerprint density at radius 1 is 1.10 bits per heavy atom. The Bertz CT molecular complexity index is 1010. The van der Waals surface area contributed by atoms with Crippen molar-refractivity contribution in [2.75, 3.05) is 0 Å². The Morgan fingerprint density at radius 2 is 1.79 bits per heavy atom. The van der Waals surface area contributed by atoms with Gasteiger partial charge >= 0.3 is 11.9 Å². The van der Waals surface area contributed by atoms with Gasteiger partial charge in [-0.15, -0.1) is 0 Å². The number of rotatable bonds is 13. The van der Waals surface area contributed by atoms with Gasteiger partial charge in [-0.1, -0.05) is 58.1 Å². The third-order valence-corrected chi connectivity index (χ3v) is 7.89. The van der Waals surface area contributed by atoms with Gasteiger partial charge in [0.05, 0.1) is 24.7 Å². The second-order valence-electron chi connectivity index (χ2n) is 11.3. The lowest BCUT2D eigenvalue weighted by Crippen LogP contribution is -2.44. The van der Waals surface area contributed by atoms with E-state index in [0.717, 1.165) is 5.57 Å². The molecule has 0 saturated carbocycles. The number of hydrogen-bond acceptors (Lipinski definition) is 7. The number of aliphatic hydroxyl groups is 3. The van der Waals surface area contributed by atoms with Gasteiger partial charge in [-0.3, -0.25) is 4.79 Å².